The molecule has 0 aliphatic rings. The van der Waals surface area contributed by atoms with Crippen LogP contribution in [0.5, 0.6) is 11.5 Å². The van der Waals surface area contributed by atoms with Gasteiger partial charge in [0.15, 0.2) is 11.6 Å². The van der Waals surface area contributed by atoms with Gasteiger partial charge < -0.3 is 20.3 Å². The Bertz CT molecular complexity index is 592. The quantitative estimate of drug-likeness (QED) is 0.781. The van der Waals surface area contributed by atoms with Gasteiger partial charge in [-0.25, -0.2) is 4.39 Å². The number of hydrogen-bond donors (Lipinski definition) is 2. The summed E-state index contributed by atoms with van der Waals surface area (Å²) in [6, 6.07) is 11.3. The predicted molar refractivity (Wildman–Crippen MR) is 82.0 cm³/mol. The molecular weight excluding hydrogens is 341 g/mol. The number of benzene rings is 2. The fourth-order valence-electron chi connectivity index (χ4n) is 1.58. The molecule has 0 bridgehead atoms. The minimum atomic E-state index is -0.870. The van der Waals surface area contributed by atoms with Crippen LogP contribution < -0.4 is 15.2 Å². The van der Waals surface area contributed by atoms with Gasteiger partial charge in [0.1, 0.15) is 25.1 Å². The summed E-state index contributed by atoms with van der Waals surface area (Å²) in [6.07, 6.45) is -0.870. The third kappa shape index (κ3) is 4.91. The third-order valence-corrected chi connectivity index (χ3v) is 3.14. The summed E-state index contributed by atoms with van der Waals surface area (Å²) in [5.41, 5.74) is 6.19. The Morgan fingerprint density at radius 3 is 2.43 bits per heavy atom. The van der Waals surface area contributed by atoms with Gasteiger partial charge in [-0.2, -0.15) is 0 Å². The monoisotopic (exact) mass is 355 g/mol. The highest BCUT2D eigenvalue weighted by atomic mass is 79.9. The topological polar surface area (TPSA) is 64.7 Å². The van der Waals surface area contributed by atoms with Crippen molar-refractivity contribution in [3.8, 4) is 11.5 Å². The molecule has 1 atom stereocenters. The highest BCUT2D eigenvalue weighted by Crippen LogP contribution is 2.21. The molecule has 112 valence electrons. The Hall–Kier alpha value is -1.79. The average Bonchev–Trinajstić information content (AvgIpc) is 2.46. The average molecular weight is 356 g/mol. The van der Waals surface area contributed by atoms with Crippen LogP contribution in [-0.4, -0.2) is 24.4 Å². The lowest BCUT2D eigenvalue weighted by molar-refractivity contribution is 0.0612. The van der Waals surface area contributed by atoms with Crippen LogP contribution in [0.25, 0.3) is 0 Å². The molecule has 0 saturated carbocycles. The number of nitrogens with two attached hydrogens (primary N) is 1. The second kappa shape index (κ2) is 7.28. The second-order valence-corrected chi connectivity index (χ2v) is 5.34. The first-order chi connectivity index (χ1) is 10.0. The lowest BCUT2D eigenvalue weighted by atomic mass is 10.3. The fourth-order valence-corrected chi connectivity index (χ4v) is 1.92. The number of ether oxygens (including phenoxy) is 2. The molecular formula is C15H15BrFNO3. The number of anilines is 1. The first kappa shape index (κ1) is 15.6. The number of hydrogen-bond acceptors (Lipinski definition) is 4. The number of aliphatic hydroxyl groups is 1. The van der Waals surface area contributed by atoms with Crippen molar-refractivity contribution < 1.29 is 19.0 Å². The van der Waals surface area contributed by atoms with Crippen molar-refractivity contribution in [2.45, 2.75) is 6.10 Å². The molecule has 6 heteroatoms. The molecule has 21 heavy (non-hydrogen) atoms. The zero-order valence-corrected chi connectivity index (χ0v) is 12.7. The molecule has 0 radical (unpaired) electrons. The smallest absolute Gasteiger partial charge is 0.166 e. The van der Waals surface area contributed by atoms with E-state index in [2.05, 4.69) is 15.9 Å². The van der Waals surface area contributed by atoms with Gasteiger partial charge in [-0.15, -0.1) is 0 Å². The van der Waals surface area contributed by atoms with Crippen molar-refractivity contribution in [3.05, 3.63) is 52.8 Å². The lowest BCUT2D eigenvalue weighted by Crippen LogP contribution is -2.25. The van der Waals surface area contributed by atoms with Gasteiger partial charge in [-0.05, 0) is 42.5 Å². The van der Waals surface area contributed by atoms with E-state index in [0.717, 1.165) is 0 Å². The molecule has 0 spiro atoms. The van der Waals surface area contributed by atoms with Gasteiger partial charge in [0, 0.05) is 10.2 Å². The van der Waals surface area contributed by atoms with Crippen LogP contribution in [0.2, 0.25) is 0 Å². The van der Waals surface area contributed by atoms with Gasteiger partial charge in [0.25, 0.3) is 0 Å². The number of aliphatic hydroxyl groups excluding tert-OH is 1. The second-order valence-electron chi connectivity index (χ2n) is 4.42. The van der Waals surface area contributed by atoms with Crippen LogP contribution in [0.1, 0.15) is 0 Å². The molecule has 0 aliphatic carbocycles. The number of halogens is 2. The molecule has 1 unspecified atom stereocenters. The van der Waals surface area contributed by atoms with Gasteiger partial charge >= 0.3 is 0 Å². The summed E-state index contributed by atoms with van der Waals surface area (Å²) in [5, 5.41) is 9.77. The molecule has 0 heterocycles. The normalized spacial score (nSPS) is 12.0. The van der Waals surface area contributed by atoms with E-state index in [-0.39, 0.29) is 19.0 Å². The van der Waals surface area contributed by atoms with Crippen molar-refractivity contribution in [1.82, 2.24) is 0 Å². The maximum absolute atomic E-state index is 13.5. The van der Waals surface area contributed by atoms with E-state index in [4.69, 9.17) is 15.2 Å². The summed E-state index contributed by atoms with van der Waals surface area (Å²) in [7, 11) is 0. The van der Waals surface area contributed by atoms with E-state index in [0.29, 0.717) is 15.9 Å². The maximum Gasteiger partial charge on any atom is 0.166 e. The minimum Gasteiger partial charge on any atom is -0.491 e. The molecule has 0 amide bonds. The van der Waals surface area contributed by atoms with E-state index in [1.54, 1.807) is 30.3 Å². The zero-order valence-electron chi connectivity index (χ0n) is 11.1. The van der Waals surface area contributed by atoms with Crippen LogP contribution in [0.15, 0.2) is 46.9 Å². The maximum atomic E-state index is 13.5. The molecule has 0 aromatic heterocycles. The Morgan fingerprint density at radius 1 is 1.10 bits per heavy atom. The Labute approximate surface area is 130 Å². The molecule has 2 aromatic rings. The van der Waals surface area contributed by atoms with E-state index >= 15 is 0 Å². The highest BCUT2D eigenvalue weighted by Gasteiger charge is 2.09. The molecule has 3 N–H and O–H groups in total. The zero-order chi connectivity index (χ0) is 15.2. The SMILES string of the molecule is Nc1ccc(OCC(O)COc2ccc(Br)cc2F)cc1. The Morgan fingerprint density at radius 2 is 1.76 bits per heavy atom. The molecule has 0 saturated heterocycles. The first-order valence-electron chi connectivity index (χ1n) is 6.29. The molecule has 4 nitrogen and oxygen atoms in total. The van der Waals surface area contributed by atoms with Crippen LogP contribution in [-0.2, 0) is 0 Å². The van der Waals surface area contributed by atoms with E-state index < -0.39 is 11.9 Å². The van der Waals surface area contributed by atoms with Gasteiger partial charge in [-0.3, -0.25) is 0 Å². The Balaban J connectivity index is 1.79. The van der Waals surface area contributed by atoms with Gasteiger partial charge in [-0.1, -0.05) is 15.9 Å². The predicted octanol–water partition coefficient (Wildman–Crippen LogP) is 2.99. The molecule has 0 fully saturated rings. The highest BCUT2D eigenvalue weighted by molar-refractivity contribution is 9.10. The molecule has 0 aliphatic heterocycles. The molecule has 2 rings (SSSR count). The van der Waals surface area contributed by atoms with Crippen LogP contribution in [0.4, 0.5) is 10.1 Å². The van der Waals surface area contributed by atoms with Crippen molar-refractivity contribution in [1.29, 1.82) is 0 Å². The largest absolute Gasteiger partial charge is 0.491 e. The lowest BCUT2D eigenvalue weighted by Gasteiger charge is -2.14. The van der Waals surface area contributed by atoms with Gasteiger partial charge in [0.05, 0.1) is 0 Å². The third-order valence-electron chi connectivity index (χ3n) is 2.65. The number of nitrogen functional groups attached to an aromatic ring is 1. The van der Waals surface area contributed by atoms with Crippen molar-refractivity contribution in [2.24, 2.45) is 0 Å². The number of rotatable bonds is 6. The summed E-state index contributed by atoms with van der Waals surface area (Å²) in [6.45, 7) is -0.0183. The first-order valence-corrected chi connectivity index (χ1v) is 7.08. The van der Waals surface area contributed by atoms with Crippen LogP contribution >= 0.6 is 15.9 Å². The van der Waals surface area contributed by atoms with E-state index in [1.165, 1.54) is 12.1 Å². The summed E-state index contributed by atoms with van der Waals surface area (Å²) in [4.78, 5) is 0. The van der Waals surface area contributed by atoms with Crippen LogP contribution in [0.3, 0.4) is 0 Å². The summed E-state index contributed by atoms with van der Waals surface area (Å²) < 4.78 is 24.7. The van der Waals surface area contributed by atoms with Crippen molar-refractivity contribution >= 4 is 21.6 Å². The standard InChI is InChI=1S/C15H15BrFNO3/c16-10-1-6-15(14(17)7-10)21-9-12(19)8-20-13-4-2-11(18)3-5-13/h1-7,12,19H,8-9,18H2. The fraction of sp³-hybridized carbons (Fsp3) is 0.200. The Kier molecular flexibility index (Phi) is 5.41. The van der Waals surface area contributed by atoms with E-state index in [1.807, 2.05) is 0 Å². The van der Waals surface area contributed by atoms with Crippen LogP contribution in [0, 0.1) is 5.82 Å². The minimum absolute atomic E-state index is 0.0437. The van der Waals surface area contributed by atoms with Crippen molar-refractivity contribution in [2.75, 3.05) is 18.9 Å². The summed E-state index contributed by atoms with van der Waals surface area (Å²) in [5.74, 6) is 0.193. The molecule has 2 aromatic carbocycles. The van der Waals surface area contributed by atoms with Crippen molar-refractivity contribution in [3.63, 3.8) is 0 Å². The van der Waals surface area contributed by atoms with Gasteiger partial charge in [0.2, 0.25) is 0 Å². The summed E-state index contributed by atoms with van der Waals surface area (Å²) >= 11 is 3.16. The van der Waals surface area contributed by atoms with E-state index in [9.17, 15) is 9.50 Å².